The first kappa shape index (κ1) is 16.8. The Morgan fingerprint density at radius 3 is 2.61 bits per heavy atom. The first-order chi connectivity index (χ1) is 11.3. The van der Waals surface area contributed by atoms with Crippen LogP contribution in [0.5, 0.6) is 5.75 Å². The minimum atomic E-state index is 0.554. The highest BCUT2D eigenvalue weighted by molar-refractivity contribution is 5.88. The standard InChI is InChI=1S/C20H22N2O/c1-2-3-4-7-14-23-19-11-9-17(10-12-19)15-18(16-21)20-8-5-6-13-22-20/h5-6,8-13,15H,2-4,7,14H2,1H3/b18-15+. The van der Waals surface area contributed by atoms with Gasteiger partial charge in [0, 0.05) is 6.20 Å². The van der Waals surface area contributed by atoms with Crippen LogP contribution in [0.2, 0.25) is 0 Å². The lowest BCUT2D eigenvalue weighted by atomic mass is 10.1. The maximum atomic E-state index is 9.30. The quantitative estimate of drug-likeness (QED) is 0.503. The van der Waals surface area contributed by atoms with Crippen molar-refractivity contribution in [3.63, 3.8) is 0 Å². The van der Waals surface area contributed by atoms with Crippen molar-refractivity contribution >= 4 is 11.6 Å². The Labute approximate surface area is 138 Å². The van der Waals surface area contributed by atoms with Crippen molar-refractivity contribution in [2.24, 2.45) is 0 Å². The van der Waals surface area contributed by atoms with Crippen molar-refractivity contribution in [2.75, 3.05) is 6.61 Å². The molecule has 0 fully saturated rings. The Kier molecular flexibility index (Phi) is 6.87. The van der Waals surface area contributed by atoms with Gasteiger partial charge in [0.25, 0.3) is 0 Å². The van der Waals surface area contributed by atoms with E-state index in [0.29, 0.717) is 11.3 Å². The molecule has 0 saturated heterocycles. The first-order valence-electron chi connectivity index (χ1n) is 8.09. The minimum absolute atomic E-state index is 0.554. The van der Waals surface area contributed by atoms with Gasteiger partial charge >= 0.3 is 0 Å². The molecule has 1 heterocycles. The van der Waals surface area contributed by atoms with E-state index in [0.717, 1.165) is 24.3 Å². The van der Waals surface area contributed by atoms with Crippen molar-refractivity contribution in [2.45, 2.75) is 32.6 Å². The molecule has 0 spiro atoms. The predicted octanol–water partition coefficient (Wildman–Crippen LogP) is 5.10. The van der Waals surface area contributed by atoms with E-state index in [2.05, 4.69) is 18.0 Å². The monoisotopic (exact) mass is 306 g/mol. The van der Waals surface area contributed by atoms with Gasteiger partial charge in [-0.2, -0.15) is 5.26 Å². The highest BCUT2D eigenvalue weighted by atomic mass is 16.5. The molecule has 3 heteroatoms. The number of hydrogen-bond donors (Lipinski definition) is 0. The molecule has 0 N–H and O–H groups in total. The molecule has 0 aliphatic rings. The molecule has 3 nitrogen and oxygen atoms in total. The summed E-state index contributed by atoms with van der Waals surface area (Å²) in [7, 11) is 0. The summed E-state index contributed by atoms with van der Waals surface area (Å²) in [5, 5.41) is 9.30. The smallest absolute Gasteiger partial charge is 0.119 e. The van der Waals surface area contributed by atoms with Gasteiger partial charge in [-0.25, -0.2) is 0 Å². The van der Waals surface area contributed by atoms with Gasteiger partial charge in [0.1, 0.15) is 11.8 Å². The van der Waals surface area contributed by atoms with Gasteiger partial charge in [0.05, 0.1) is 17.9 Å². The molecule has 2 rings (SSSR count). The third-order valence-electron chi connectivity index (χ3n) is 3.52. The first-order valence-corrected chi connectivity index (χ1v) is 8.09. The van der Waals surface area contributed by atoms with Crippen LogP contribution >= 0.6 is 0 Å². The zero-order valence-corrected chi connectivity index (χ0v) is 13.5. The van der Waals surface area contributed by atoms with Crippen LogP contribution in [0.15, 0.2) is 48.7 Å². The molecule has 23 heavy (non-hydrogen) atoms. The Hall–Kier alpha value is -2.60. The topological polar surface area (TPSA) is 45.9 Å². The van der Waals surface area contributed by atoms with Crippen molar-refractivity contribution < 1.29 is 4.74 Å². The number of rotatable bonds is 8. The molecule has 118 valence electrons. The van der Waals surface area contributed by atoms with E-state index in [1.165, 1.54) is 19.3 Å². The van der Waals surface area contributed by atoms with E-state index in [-0.39, 0.29) is 0 Å². The molecule has 0 saturated carbocycles. The number of hydrogen-bond acceptors (Lipinski definition) is 3. The van der Waals surface area contributed by atoms with Crippen LogP contribution in [0.4, 0.5) is 0 Å². The summed E-state index contributed by atoms with van der Waals surface area (Å²) >= 11 is 0. The van der Waals surface area contributed by atoms with E-state index < -0.39 is 0 Å². The lowest BCUT2D eigenvalue weighted by Gasteiger charge is -2.06. The summed E-state index contributed by atoms with van der Waals surface area (Å²) in [6.45, 7) is 2.96. The fourth-order valence-electron chi connectivity index (χ4n) is 2.23. The van der Waals surface area contributed by atoms with Crippen LogP contribution in [0.1, 0.15) is 43.9 Å². The number of nitrogens with zero attached hydrogens (tertiary/aromatic N) is 2. The SMILES string of the molecule is CCCCCCOc1ccc(/C=C(\C#N)c2ccccn2)cc1. The Morgan fingerprint density at radius 1 is 1.13 bits per heavy atom. The zero-order valence-electron chi connectivity index (χ0n) is 13.5. The number of aromatic nitrogens is 1. The highest BCUT2D eigenvalue weighted by Gasteiger charge is 2.02. The Bertz CT molecular complexity index is 654. The largest absolute Gasteiger partial charge is 0.494 e. The van der Waals surface area contributed by atoms with Crippen molar-refractivity contribution in [3.8, 4) is 11.8 Å². The molecule has 2 aromatic rings. The Morgan fingerprint density at radius 2 is 1.96 bits per heavy atom. The van der Waals surface area contributed by atoms with Crippen LogP contribution in [-0.4, -0.2) is 11.6 Å². The lowest BCUT2D eigenvalue weighted by Crippen LogP contribution is -1.97. The third-order valence-corrected chi connectivity index (χ3v) is 3.52. The summed E-state index contributed by atoms with van der Waals surface area (Å²) in [6.07, 6.45) is 8.33. The van der Waals surface area contributed by atoms with Gasteiger partial charge < -0.3 is 4.74 Å². The average Bonchev–Trinajstić information content (AvgIpc) is 2.61. The molecule has 0 amide bonds. The molecule has 0 atom stereocenters. The molecule has 0 radical (unpaired) electrons. The Balaban J connectivity index is 1.96. The number of nitriles is 1. The van der Waals surface area contributed by atoms with Gasteiger partial charge in [0.15, 0.2) is 0 Å². The molecule has 0 aliphatic heterocycles. The fourth-order valence-corrected chi connectivity index (χ4v) is 2.23. The summed E-state index contributed by atoms with van der Waals surface area (Å²) in [6, 6.07) is 15.6. The second-order valence-electron chi connectivity index (χ2n) is 5.36. The number of allylic oxidation sites excluding steroid dienone is 1. The maximum absolute atomic E-state index is 9.30. The molecule has 0 aliphatic carbocycles. The minimum Gasteiger partial charge on any atom is -0.494 e. The molecular weight excluding hydrogens is 284 g/mol. The average molecular weight is 306 g/mol. The number of benzene rings is 1. The molecule has 0 bridgehead atoms. The maximum Gasteiger partial charge on any atom is 0.119 e. The van der Waals surface area contributed by atoms with Crippen LogP contribution in [-0.2, 0) is 0 Å². The number of pyridine rings is 1. The van der Waals surface area contributed by atoms with Gasteiger partial charge in [-0.05, 0) is 42.3 Å². The zero-order chi connectivity index (χ0) is 16.3. The summed E-state index contributed by atoms with van der Waals surface area (Å²) in [4.78, 5) is 4.21. The van der Waals surface area contributed by atoms with E-state index in [1.54, 1.807) is 6.20 Å². The lowest BCUT2D eigenvalue weighted by molar-refractivity contribution is 0.305. The van der Waals surface area contributed by atoms with Gasteiger partial charge in [-0.3, -0.25) is 4.98 Å². The summed E-state index contributed by atoms with van der Waals surface area (Å²) in [5.74, 6) is 0.870. The fraction of sp³-hybridized carbons (Fsp3) is 0.300. The summed E-state index contributed by atoms with van der Waals surface area (Å²) < 4.78 is 5.73. The van der Waals surface area contributed by atoms with Gasteiger partial charge in [-0.15, -0.1) is 0 Å². The predicted molar refractivity (Wildman–Crippen MR) is 93.8 cm³/mol. The van der Waals surface area contributed by atoms with E-state index in [9.17, 15) is 5.26 Å². The van der Waals surface area contributed by atoms with E-state index in [1.807, 2.05) is 48.5 Å². The van der Waals surface area contributed by atoms with Crippen LogP contribution in [0, 0.1) is 11.3 Å². The van der Waals surface area contributed by atoms with E-state index in [4.69, 9.17) is 4.74 Å². The van der Waals surface area contributed by atoms with Crippen molar-refractivity contribution in [1.29, 1.82) is 5.26 Å². The normalized spacial score (nSPS) is 11.0. The molecule has 0 unspecified atom stereocenters. The second kappa shape index (κ2) is 9.42. The van der Waals surface area contributed by atoms with E-state index >= 15 is 0 Å². The van der Waals surface area contributed by atoms with Gasteiger partial charge in [0.2, 0.25) is 0 Å². The third kappa shape index (κ3) is 5.60. The van der Waals surface area contributed by atoms with Gasteiger partial charge in [-0.1, -0.05) is 44.4 Å². The summed E-state index contributed by atoms with van der Waals surface area (Å²) in [5.41, 5.74) is 2.20. The number of ether oxygens (including phenoxy) is 1. The molecular formula is C20H22N2O. The number of unbranched alkanes of at least 4 members (excludes halogenated alkanes) is 3. The second-order valence-corrected chi connectivity index (χ2v) is 5.36. The van der Waals surface area contributed by atoms with Crippen molar-refractivity contribution in [1.82, 2.24) is 4.98 Å². The van der Waals surface area contributed by atoms with Crippen LogP contribution in [0.3, 0.4) is 0 Å². The van der Waals surface area contributed by atoms with Crippen LogP contribution < -0.4 is 4.74 Å². The van der Waals surface area contributed by atoms with Crippen molar-refractivity contribution in [3.05, 3.63) is 59.9 Å². The molecule has 1 aromatic carbocycles. The molecule has 1 aromatic heterocycles. The van der Waals surface area contributed by atoms with Crippen LogP contribution in [0.25, 0.3) is 11.6 Å². The highest BCUT2D eigenvalue weighted by Crippen LogP contribution is 2.18.